The Labute approximate surface area is 159 Å². The van der Waals surface area contributed by atoms with E-state index in [1.165, 1.54) is 12.1 Å². The second kappa shape index (κ2) is 6.74. The molecular formula is C20H13ClFN3O2. The molecule has 1 aliphatic rings. The lowest BCUT2D eigenvalue weighted by molar-refractivity contribution is -0.113. The van der Waals surface area contributed by atoms with Gasteiger partial charge in [-0.1, -0.05) is 17.7 Å². The van der Waals surface area contributed by atoms with Gasteiger partial charge in [-0.15, -0.1) is 0 Å². The van der Waals surface area contributed by atoms with Crippen LogP contribution in [0.5, 0.6) is 0 Å². The van der Waals surface area contributed by atoms with E-state index in [0.29, 0.717) is 16.4 Å². The summed E-state index contributed by atoms with van der Waals surface area (Å²) in [7, 11) is 0. The molecule has 0 spiro atoms. The van der Waals surface area contributed by atoms with Gasteiger partial charge < -0.3 is 9.88 Å². The zero-order chi connectivity index (χ0) is 19.0. The Morgan fingerprint density at radius 3 is 2.48 bits per heavy atom. The molecule has 2 aromatic carbocycles. The number of carbonyl (C=O) groups is 2. The van der Waals surface area contributed by atoms with Crippen LogP contribution in [0.1, 0.15) is 5.69 Å². The van der Waals surface area contributed by atoms with Gasteiger partial charge in [0.2, 0.25) is 0 Å². The van der Waals surface area contributed by atoms with Crippen LogP contribution in [0.3, 0.4) is 0 Å². The minimum atomic E-state index is -0.548. The fourth-order valence-corrected chi connectivity index (χ4v) is 3.07. The normalized spacial score (nSPS) is 15.5. The Bertz CT molecular complexity index is 1070. The number of aromatic nitrogens is 1. The fourth-order valence-electron chi connectivity index (χ4n) is 2.88. The third-order valence-electron chi connectivity index (χ3n) is 4.12. The molecule has 3 amide bonds. The first-order valence-electron chi connectivity index (χ1n) is 8.09. The summed E-state index contributed by atoms with van der Waals surface area (Å²) in [5.74, 6) is -0.810. The highest BCUT2D eigenvalue weighted by Crippen LogP contribution is 2.25. The van der Waals surface area contributed by atoms with Crippen LogP contribution in [0.25, 0.3) is 11.8 Å². The Morgan fingerprint density at radius 1 is 0.963 bits per heavy atom. The van der Waals surface area contributed by atoms with E-state index in [9.17, 15) is 14.0 Å². The minimum Gasteiger partial charge on any atom is -0.317 e. The Hall–Kier alpha value is -3.38. The number of hydrogen-bond donors (Lipinski definition) is 1. The average molecular weight is 382 g/mol. The van der Waals surface area contributed by atoms with Crippen molar-refractivity contribution < 1.29 is 14.0 Å². The van der Waals surface area contributed by atoms with E-state index >= 15 is 0 Å². The summed E-state index contributed by atoms with van der Waals surface area (Å²) in [5, 5.41) is 3.01. The number of benzene rings is 2. The highest BCUT2D eigenvalue weighted by Gasteiger charge is 2.35. The molecule has 27 heavy (non-hydrogen) atoms. The number of anilines is 1. The van der Waals surface area contributed by atoms with Crippen LogP contribution in [0.2, 0.25) is 5.02 Å². The van der Waals surface area contributed by atoms with Crippen molar-refractivity contribution >= 4 is 35.3 Å². The molecule has 134 valence electrons. The SMILES string of the molecule is O=C1N/C(=C/c2cccn2-c2ccc(F)cc2)C(=O)N1c1cccc(Cl)c1. The van der Waals surface area contributed by atoms with Gasteiger partial charge in [0.25, 0.3) is 5.91 Å². The second-order valence-corrected chi connectivity index (χ2v) is 6.32. The van der Waals surface area contributed by atoms with Crippen LogP contribution in [-0.2, 0) is 4.79 Å². The zero-order valence-electron chi connectivity index (χ0n) is 13.9. The van der Waals surface area contributed by atoms with Crippen molar-refractivity contribution in [3.05, 3.63) is 89.1 Å². The molecule has 1 N–H and O–H groups in total. The number of amides is 3. The van der Waals surface area contributed by atoms with Crippen LogP contribution in [0.4, 0.5) is 14.9 Å². The first-order valence-corrected chi connectivity index (χ1v) is 8.47. The standard InChI is InChI=1S/C20H13ClFN3O2/c21-13-3-1-4-17(11-13)25-19(26)18(23-20(25)27)12-16-5-2-10-24(16)15-8-6-14(22)7-9-15/h1-12H,(H,23,27)/b18-12+. The minimum absolute atomic E-state index is 0.141. The third kappa shape index (κ3) is 3.22. The van der Waals surface area contributed by atoms with Crippen LogP contribution in [0, 0.1) is 5.82 Å². The molecule has 1 fully saturated rings. The summed E-state index contributed by atoms with van der Waals surface area (Å²) < 4.78 is 14.9. The second-order valence-electron chi connectivity index (χ2n) is 5.89. The number of rotatable bonds is 3. The predicted octanol–water partition coefficient (Wildman–Crippen LogP) is 4.37. The van der Waals surface area contributed by atoms with Crippen LogP contribution in [-0.4, -0.2) is 16.5 Å². The van der Waals surface area contributed by atoms with Gasteiger partial charge in [0, 0.05) is 22.6 Å². The van der Waals surface area contributed by atoms with Crippen molar-refractivity contribution in [1.29, 1.82) is 0 Å². The first kappa shape index (κ1) is 17.1. The van der Waals surface area contributed by atoms with E-state index in [0.717, 1.165) is 10.6 Å². The lowest BCUT2D eigenvalue weighted by Gasteiger charge is -2.11. The number of halogens is 2. The maximum absolute atomic E-state index is 13.2. The van der Waals surface area contributed by atoms with Gasteiger partial charge in [-0.05, 0) is 60.7 Å². The number of hydrogen-bond acceptors (Lipinski definition) is 2. The van der Waals surface area contributed by atoms with Gasteiger partial charge >= 0.3 is 6.03 Å². The molecule has 2 heterocycles. The molecule has 0 unspecified atom stereocenters. The molecule has 0 atom stereocenters. The van der Waals surface area contributed by atoms with Gasteiger partial charge in [0.15, 0.2) is 0 Å². The summed E-state index contributed by atoms with van der Waals surface area (Å²) in [6, 6.07) is 15.5. The predicted molar refractivity (Wildman–Crippen MR) is 101 cm³/mol. The van der Waals surface area contributed by atoms with Crippen molar-refractivity contribution in [3.8, 4) is 5.69 Å². The van der Waals surface area contributed by atoms with Gasteiger partial charge in [0.05, 0.1) is 5.69 Å². The number of imide groups is 1. The van der Waals surface area contributed by atoms with Gasteiger partial charge in [0.1, 0.15) is 11.5 Å². The Balaban J connectivity index is 1.68. The summed E-state index contributed by atoms with van der Waals surface area (Å²) in [6.07, 6.45) is 3.36. The number of urea groups is 1. The molecule has 1 saturated heterocycles. The Kier molecular flexibility index (Phi) is 4.25. The first-order chi connectivity index (χ1) is 13.0. The molecular weight excluding hydrogens is 369 g/mol. The average Bonchev–Trinajstić information content (AvgIpc) is 3.20. The summed E-state index contributed by atoms with van der Waals surface area (Å²) in [6.45, 7) is 0. The lowest BCUT2D eigenvalue weighted by Crippen LogP contribution is -2.30. The van der Waals surface area contributed by atoms with Gasteiger partial charge in [-0.2, -0.15) is 0 Å². The van der Waals surface area contributed by atoms with E-state index in [2.05, 4.69) is 5.32 Å². The van der Waals surface area contributed by atoms with E-state index < -0.39 is 11.9 Å². The number of nitrogens with zero attached hydrogens (tertiary/aromatic N) is 2. The molecule has 7 heteroatoms. The van der Waals surface area contributed by atoms with Crippen LogP contribution in [0.15, 0.2) is 72.6 Å². The highest BCUT2D eigenvalue weighted by atomic mass is 35.5. The monoisotopic (exact) mass is 381 g/mol. The van der Waals surface area contributed by atoms with E-state index in [1.807, 2.05) is 0 Å². The maximum Gasteiger partial charge on any atom is 0.333 e. The molecule has 0 bridgehead atoms. The summed E-state index contributed by atoms with van der Waals surface area (Å²) in [4.78, 5) is 26.0. The largest absolute Gasteiger partial charge is 0.333 e. The van der Waals surface area contributed by atoms with E-state index in [4.69, 9.17) is 11.6 Å². The maximum atomic E-state index is 13.2. The Morgan fingerprint density at radius 2 is 1.74 bits per heavy atom. The third-order valence-corrected chi connectivity index (χ3v) is 4.36. The van der Waals surface area contributed by atoms with Crippen molar-refractivity contribution in [2.75, 3.05) is 4.90 Å². The lowest BCUT2D eigenvalue weighted by atomic mass is 10.2. The van der Waals surface area contributed by atoms with Crippen molar-refractivity contribution in [3.63, 3.8) is 0 Å². The molecule has 3 aromatic rings. The number of nitrogens with one attached hydrogen (secondary N) is 1. The van der Waals surface area contributed by atoms with E-state index in [-0.39, 0.29) is 11.5 Å². The number of carbonyl (C=O) groups excluding carboxylic acids is 2. The molecule has 0 saturated carbocycles. The van der Waals surface area contributed by atoms with Crippen molar-refractivity contribution in [1.82, 2.24) is 9.88 Å². The highest BCUT2D eigenvalue weighted by molar-refractivity contribution is 6.32. The summed E-state index contributed by atoms with van der Waals surface area (Å²) in [5.41, 5.74) is 1.93. The molecule has 0 aliphatic carbocycles. The smallest absolute Gasteiger partial charge is 0.317 e. The zero-order valence-corrected chi connectivity index (χ0v) is 14.7. The molecule has 1 aliphatic heterocycles. The molecule has 5 nitrogen and oxygen atoms in total. The topological polar surface area (TPSA) is 54.3 Å². The van der Waals surface area contributed by atoms with Crippen molar-refractivity contribution in [2.45, 2.75) is 0 Å². The molecule has 1 aromatic heterocycles. The van der Waals surface area contributed by atoms with E-state index in [1.54, 1.807) is 65.4 Å². The van der Waals surface area contributed by atoms with Crippen molar-refractivity contribution in [2.24, 2.45) is 0 Å². The quantitative estimate of drug-likeness (QED) is 0.541. The van der Waals surface area contributed by atoms with Crippen LogP contribution >= 0.6 is 11.6 Å². The fraction of sp³-hybridized carbons (Fsp3) is 0. The summed E-state index contributed by atoms with van der Waals surface area (Å²) >= 11 is 5.96. The molecule has 4 rings (SSSR count). The van der Waals surface area contributed by atoms with Crippen LogP contribution < -0.4 is 10.2 Å². The van der Waals surface area contributed by atoms with Gasteiger partial charge in [-0.3, -0.25) is 4.79 Å². The molecule has 0 radical (unpaired) electrons. The van der Waals surface area contributed by atoms with Gasteiger partial charge in [-0.25, -0.2) is 14.1 Å².